The second kappa shape index (κ2) is 7.65. The van der Waals surface area contributed by atoms with E-state index in [9.17, 15) is 0 Å². The van der Waals surface area contributed by atoms with Crippen molar-refractivity contribution in [2.24, 2.45) is 0 Å². The summed E-state index contributed by atoms with van der Waals surface area (Å²) in [7, 11) is 1.65. The minimum Gasteiger partial charge on any atom is -0.497 e. The molecule has 0 aliphatic carbocycles. The summed E-state index contributed by atoms with van der Waals surface area (Å²) in [6.45, 7) is 0.569. The van der Waals surface area contributed by atoms with Crippen LogP contribution in [0.15, 0.2) is 71.9 Å². The quantitative estimate of drug-likeness (QED) is 0.560. The van der Waals surface area contributed by atoms with Crippen LogP contribution in [0.25, 0.3) is 22.7 Å². The van der Waals surface area contributed by atoms with Gasteiger partial charge in [0, 0.05) is 30.7 Å². The van der Waals surface area contributed by atoms with Crippen molar-refractivity contribution in [1.82, 2.24) is 19.9 Å². The molecule has 3 aromatic heterocycles. The number of nitrogens with zero attached hydrogens (tertiary/aromatic N) is 4. The maximum atomic E-state index is 5.55. The van der Waals surface area contributed by atoms with Gasteiger partial charge in [0.15, 0.2) is 5.76 Å². The number of hydrogen-bond donors (Lipinski definition) is 1. The summed E-state index contributed by atoms with van der Waals surface area (Å²) < 4.78 is 10.8. The van der Waals surface area contributed by atoms with Crippen LogP contribution in [0.3, 0.4) is 0 Å². The van der Waals surface area contributed by atoms with E-state index in [1.807, 2.05) is 36.4 Å². The fraction of sp³-hybridized carbons (Fsp3) is 0.100. The molecule has 27 heavy (non-hydrogen) atoms. The van der Waals surface area contributed by atoms with Gasteiger partial charge in [-0.3, -0.25) is 9.97 Å². The van der Waals surface area contributed by atoms with E-state index in [0.717, 1.165) is 16.9 Å². The molecule has 134 valence electrons. The van der Waals surface area contributed by atoms with Crippen LogP contribution in [0.5, 0.6) is 5.75 Å². The number of rotatable bonds is 6. The normalized spacial score (nSPS) is 10.6. The van der Waals surface area contributed by atoms with Crippen molar-refractivity contribution in [1.29, 1.82) is 0 Å². The third-order valence-electron chi connectivity index (χ3n) is 3.97. The monoisotopic (exact) mass is 359 g/mol. The molecule has 1 N–H and O–H groups in total. The zero-order valence-electron chi connectivity index (χ0n) is 14.7. The Morgan fingerprint density at radius 2 is 2.04 bits per heavy atom. The fourth-order valence-electron chi connectivity index (χ4n) is 2.66. The van der Waals surface area contributed by atoms with Crippen LogP contribution >= 0.6 is 0 Å². The van der Waals surface area contributed by atoms with Crippen LogP contribution < -0.4 is 10.1 Å². The van der Waals surface area contributed by atoms with E-state index in [1.54, 1.807) is 38.2 Å². The number of methoxy groups -OCH3 is 1. The molecule has 7 heteroatoms. The Balaban J connectivity index is 1.64. The van der Waals surface area contributed by atoms with Gasteiger partial charge in [-0.2, -0.15) is 0 Å². The lowest BCUT2D eigenvalue weighted by molar-refractivity contribution is 0.414. The molecule has 0 fully saturated rings. The van der Waals surface area contributed by atoms with Gasteiger partial charge in [0.25, 0.3) is 0 Å². The van der Waals surface area contributed by atoms with Gasteiger partial charge < -0.3 is 14.5 Å². The summed E-state index contributed by atoms with van der Waals surface area (Å²) in [4.78, 5) is 17.5. The topological polar surface area (TPSA) is 86.0 Å². The molecular formula is C20H17N5O2. The van der Waals surface area contributed by atoms with Gasteiger partial charge >= 0.3 is 0 Å². The third-order valence-corrected chi connectivity index (χ3v) is 3.97. The van der Waals surface area contributed by atoms with E-state index in [4.69, 9.17) is 9.15 Å². The van der Waals surface area contributed by atoms with Crippen molar-refractivity contribution in [2.75, 3.05) is 12.4 Å². The molecule has 0 aliphatic heterocycles. The molecule has 7 nitrogen and oxygen atoms in total. The second-order valence-corrected chi connectivity index (χ2v) is 5.73. The van der Waals surface area contributed by atoms with Crippen molar-refractivity contribution in [3.63, 3.8) is 0 Å². The Morgan fingerprint density at radius 1 is 1.07 bits per heavy atom. The van der Waals surface area contributed by atoms with E-state index in [-0.39, 0.29) is 0 Å². The molecule has 4 rings (SSSR count). The summed E-state index contributed by atoms with van der Waals surface area (Å²) in [5, 5.41) is 3.24. The molecule has 0 radical (unpaired) electrons. The van der Waals surface area contributed by atoms with Gasteiger partial charge in [0.05, 0.1) is 25.3 Å². The van der Waals surface area contributed by atoms with E-state index < -0.39 is 0 Å². The number of furan rings is 1. The molecule has 1 aromatic carbocycles. The van der Waals surface area contributed by atoms with Crippen LogP contribution in [-0.4, -0.2) is 27.0 Å². The number of nitrogens with one attached hydrogen (secondary N) is 1. The predicted molar refractivity (Wildman–Crippen MR) is 101 cm³/mol. The molecule has 0 saturated heterocycles. The summed E-state index contributed by atoms with van der Waals surface area (Å²) in [5.41, 5.74) is 3.16. The number of benzene rings is 1. The van der Waals surface area contributed by atoms with Gasteiger partial charge in [-0.15, -0.1) is 0 Å². The Hall–Kier alpha value is -3.74. The lowest BCUT2D eigenvalue weighted by Gasteiger charge is -2.10. The Labute approximate surface area is 156 Å². The smallest absolute Gasteiger partial charge is 0.223 e. The minimum atomic E-state index is 0.497. The van der Waals surface area contributed by atoms with Crippen molar-refractivity contribution in [2.45, 2.75) is 6.54 Å². The predicted octanol–water partition coefficient (Wildman–Crippen LogP) is 3.81. The molecule has 0 unspecified atom stereocenters. The highest BCUT2D eigenvalue weighted by atomic mass is 16.5. The maximum Gasteiger partial charge on any atom is 0.223 e. The van der Waals surface area contributed by atoms with E-state index in [0.29, 0.717) is 29.6 Å². The second-order valence-electron chi connectivity index (χ2n) is 5.73. The van der Waals surface area contributed by atoms with Crippen molar-refractivity contribution >= 4 is 5.95 Å². The Bertz CT molecular complexity index is 1020. The molecule has 0 amide bonds. The largest absolute Gasteiger partial charge is 0.497 e. The standard InChI is InChI=1S/C20H17N5O2/c1-26-15-5-2-4-14(10-15)11-23-20-24-12-16(17-13-21-7-8-22-17)19(25-20)18-6-3-9-27-18/h2-10,12-13H,11H2,1H3,(H,23,24,25). The van der Waals surface area contributed by atoms with Crippen molar-refractivity contribution in [3.05, 3.63) is 73.0 Å². The van der Waals surface area contributed by atoms with Gasteiger partial charge in [0.1, 0.15) is 11.4 Å². The number of aromatic nitrogens is 4. The maximum absolute atomic E-state index is 5.55. The summed E-state index contributed by atoms with van der Waals surface area (Å²) >= 11 is 0. The van der Waals surface area contributed by atoms with Gasteiger partial charge in [-0.05, 0) is 29.8 Å². The van der Waals surface area contributed by atoms with Crippen molar-refractivity contribution < 1.29 is 9.15 Å². The molecule has 0 atom stereocenters. The molecule has 0 saturated carbocycles. The Morgan fingerprint density at radius 3 is 2.81 bits per heavy atom. The van der Waals surface area contributed by atoms with Gasteiger partial charge in [0.2, 0.25) is 5.95 Å². The first-order valence-corrected chi connectivity index (χ1v) is 8.37. The first-order valence-electron chi connectivity index (χ1n) is 8.37. The lowest BCUT2D eigenvalue weighted by Crippen LogP contribution is -2.05. The highest BCUT2D eigenvalue weighted by Gasteiger charge is 2.15. The van der Waals surface area contributed by atoms with Crippen LogP contribution in [0.4, 0.5) is 5.95 Å². The Kier molecular flexibility index (Phi) is 4.74. The van der Waals surface area contributed by atoms with Gasteiger partial charge in [-0.1, -0.05) is 12.1 Å². The summed E-state index contributed by atoms with van der Waals surface area (Å²) in [5.74, 6) is 1.95. The van der Waals surface area contributed by atoms with Gasteiger partial charge in [-0.25, -0.2) is 9.97 Å². The molecule has 0 spiro atoms. The summed E-state index contributed by atoms with van der Waals surface area (Å²) in [6.07, 6.45) is 8.27. The average molecular weight is 359 g/mol. The van der Waals surface area contributed by atoms with Crippen LogP contribution in [0.1, 0.15) is 5.56 Å². The minimum absolute atomic E-state index is 0.497. The van der Waals surface area contributed by atoms with E-state index >= 15 is 0 Å². The zero-order chi connectivity index (χ0) is 18.5. The van der Waals surface area contributed by atoms with E-state index in [1.165, 1.54) is 0 Å². The molecule has 0 bridgehead atoms. The highest BCUT2D eigenvalue weighted by Crippen LogP contribution is 2.29. The van der Waals surface area contributed by atoms with Crippen LogP contribution in [0, 0.1) is 0 Å². The molecule has 3 heterocycles. The van der Waals surface area contributed by atoms with Crippen molar-refractivity contribution in [3.8, 4) is 28.5 Å². The average Bonchev–Trinajstić information content (AvgIpc) is 3.28. The zero-order valence-corrected chi connectivity index (χ0v) is 14.7. The molecule has 4 aromatic rings. The molecule has 0 aliphatic rings. The number of hydrogen-bond acceptors (Lipinski definition) is 7. The number of ether oxygens (including phenoxy) is 1. The lowest BCUT2D eigenvalue weighted by atomic mass is 10.1. The SMILES string of the molecule is COc1cccc(CNc2ncc(-c3cnccn3)c(-c3ccco3)n2)c1. The van der Waals surface area contributed by atoms with Crippen LogP contribution in [-0.2, 0) is 6.54 Å². The first-order chi connectivity index (χ1) is 13.3. The fourth-order valence-corrected chi connectivity index (χ4v) is 2.66. The number of anilines is 1. The molecular weight excluding hydrogens is 342 g/mol. The highest BCUT2D eigenvalue weighted by molar-refractivity contribution is 5.76. The first kappa shape index (κ1) is 16.7. The summed E-state index contributed by atoms with van der Waals surface area (Å²) in [6, 6.07) is 11.5. The third kappa shape index (κ3) is 3.77. The van der Waals surface area contributed by atoms with E-state index in [2.05, 4.69) is 25.3 Å². The van der Waals surface area contributed by atoms with Crippen LogP contribution in [0.2, 0.25) is 0 Å².